The molecule has 1 atom stereocenters. The number of nitrogens with one attached hydrogen (secondary N) is 2. The first-order valence-electron chi connectivity index (χ1n) is 10.8. The Labute approximate surface area is 189 Å². The van der Waals surface area contributed by atoms with Gasteiger partial charge in [0.1, 0.15) is 30.5 Å². The Morgan fingerprint density at radius 3 is 1.97 bits per heavy atom. The van der Waals surface area contributed by atoms with Crippen molar-refractivity contribution >= 4 is 17.3 Å². The zero-order valence-electron chi connectivity index (χ0n) is 18.5. The molecule has 0 saturated carbocycles. The zero-order valence-corrected chi connectivity index (χ0v) is 18.5. The maximum absolute atomic E-state index is 12.2. The van der Waals surface area contributed by atoms with E-state index in [0.717, 1.165) is 35.0 Å². The topological polar surface area (TPSA) is 68.8 Å². The van der Waals surface area contributed by atoms with E-state index >= 15 is 0 Å². The molecule has 3 aromatic rings. The van der Waals surface area contributed by atoms with Crippen molar-refractivity contribution in [2.75, 3.05) is 30.4 Å². The minimum Gasteiger partial charge on any atom is -0.491 e. The molecule has 2 N–H and O–H groups in total. The zero-order chi connectivity index (χ0) is 22.6. The molecule has 0 aliphatic heterocycles. The third-order valence-electron chi connectivity index (χ3n) is 4.72. The number of benzene rings is 3. The molecule has 0 bridgehead atoms. The van der Waals surface area contributed by atoms with E-state index in [1.807, 2.05) is 85.8 Å². The second kappa shape index (κ2) is 12.2. The van der Waals surface area contributed by atoms with E-state index in [0.29, 0.717) is 13.2 Å². The van der Waals surface area contributed by atoms with Crippen LogP contribution in [0.5, 0.6) is 17.2 Å². The Bertz CT molecular complexity index is 944. The molecule has 6 heteroatoms. The van der Waals surface area contributed by atoms with Crippen LogP contribution in [0.4, 0.5) is 11.4 Å². The van der Waals surface area contributed by atoms with Gasteiger partial charge in [-0.2, -0.15) is 0 Å². The number of hydrogen-bond acceptors (Lipinski definition) is 5. The van der Waals surface area contributed by atoms with Gasteiger partial charge in [0.2, 0.25) is 5.91 Å². The quantitative estimate of drug-likeness (QED) is 0.375. The fourth-order valence-electron chi connectivity index (χ4n) is 2.82. The molecule has 0 aliphatic rings. The summed E-state index contributed by atoms with van der Waals surface area (Å²) in [4.78, 5) is 12.2. The first-order chi connectivity index (χ1) is 15.6. The molecule has 6 nitrogen and oxygen atoms in total. The second-order valence-corrected chi connectivity index (χ2v) is 7.30. The lowest BCUT2D eigenvalue weighted by Gasteiger charge is -2.13. The standard InChI is InChI=1S/C26H30N2O4/c1-3-20(2)32-25-15-11-22(12-16-25)28-26(29)19-27-21-9-13-24(14-10-21)31-18-17-30-23-7-5-4-6-8-23/h4-16,20,27H,3,17-19H2,1-2H3,(H,28,29). The normalized spacial score (nSPS) is 11.3. The average molecular weight is 435 g/mol. The lowest BCUT2D eigenvalue weighted by molar-refractivity contribution is -0.114. The summed E-state index contributed by atoms with van der Waals surface area (Å²) in [6.07, 6.45) is 1.11. The van der Waals surface area contributed by atoms with Gasteiger partial charge in [-0.3, -0.25) is 4.79 Å². The first kappa shape index (κ1) is 23.0. The number of anilines is 2. The van der Waals surface area contributed by atoms with Gasteiger partial charge in [0.15, 0.2) is 0 Å². The molecule has 32 heavy (non-hydrogen) atoms. The molecule has 1 unspecified atom stereocenters. The summed E-state index contributed by atoms with van der Waals surface area (Å²) in [5, 5.41) is 5.98. The molecule has 3 rings (SSSR count). The van der Waals surface area contributed by atoms with Gasteiger partial charge in [-0.25, -0.2) is 0 Å². The van der Waals surface area contributed by atoms with Gasteiger partial charge in [-0.15, -0.1) is 0 Å². The lowest BCUT2D eigenvalue weighted by atomic mass is 10.2. The summed E-state index contributed by atoms with van der Waals surface area (Å²) in [5.41, 5.74) is 1.57. The highest BCUT2D eigenvalue weighted by Gasteiger charge is 2.05. The number of amides is 1. The molecule has 1 amide bonds. The predicted octanol–water partition coefficient (Wildman–Crippen LogP) is 5.37. The fraction of sp³-hybridized carbons (Fsp3) is 0.269. The molecule has 168 valence electrons. The van der Waals surface area contributed by atoms with Crippen molar-refractivity contribution in [3.8, 4) is 17.2 Å². The van der Waals surface area contributed by atoms with Crippen LogP contribution in [0.2, 0.25) is 0 Å². The van der Waals surface area contributed by atoms with E-state index < -0.39 is 0 Å². The minimum atomic E-state index is -0.126. The van der Waals surface area contributed by atoms with Crippen LogP contribution in [0.15, 0.2) is 78.9 Å². The van der Waals surface area contributed by atoms with Crippen molar-refractivity contribution in [3.63, 3.8) is 0 Å². The molecule has 0 aliphatic carbocycles. The van der Waals surface area contributed by atoms with Crippen LogP contribution in [-0.4, -0.2) is 31.8 Å². The summed E-state index contributed by atoms with van der Waals surface area (Å²) in [5.74, 6) is 2.24. The van der Waals surface area contributed by atoms with Gasteiger partial charge in [0.05, 0.1) is 12.6 Å². The molecular weight excluding hydrogens is 404 g/mol. The van der Waals surface area contributed by atoms with Crippen LogP contribution in [0.25, 0.3) is 0 Å². The van der Waals surface area contributed by atoms with E-state index in [1.54, 1.807) is 0 Å². The van der Waals surface area contributed by atoms with E-state index in [2.05, 4.69) is 17.6 Å². The number of carbonyl (C=O) groups is 1. The maximum Gasteiger partial charge on any atom is 0.243 e. The van der Waals surface area contributed by atoms with Crippen LogP contribution >= 0.6 is 0 Å². The summed E-state index contributed by atoms with van der Waals surface area (Å²) >= 11 is 0. The second-order valence-electron chi connectivity index (χ2n) is 7.30. The van der Waals surface area contributed by atoms with Gasteiger partial charge in [0, 0.05) is 11.4 Å². The molecule has 0 fully saturated rings. The van der Waals surface area contributed by atoms with Crippen LogP contribution in [0, 0.1) is 0 Å². The van der Waals surface area contributed by atoms with E-state index in [1.165, 1.54) is 0 Å². The van der Waals surface area contributed by atoms with Crippen molar-refractivity contribution in [2.45, 2.75) is 26.4 Å². The van der Waals surface area contributed by atoms with Gasteiger partial charge in [0.25, 0.3) is 0 Å². The molecule has 0 spiro atoms. The lowest BCUT2D eigenvalue weighted by Crippen LogP contribution is -2.21. The Morgan fingerprint density at radius 1 is 0.781 bits per heavy atom. The van der Waals surface area contributed by atoms with Crippen LogP contribution in [0.3, 0.4) is 0 Å². The summed E-state index contributed by atoms with van der Waals surface area (Å²) < 4.78 is 17.0. The highest BCUT2D eigenvalue weighted by Crippen LogP contribution is 2.18. The van der Waals surface area contributed by atoms with Crippen molar-refractivity contribution < 1.29 is 19.0 Å². The molecule has 3 aromatic carbocycles. The summed E-state index contributed by atoms with van der Waals surface area (Å²) in [7, 11) is 0. The van der Waals surface area contributed by atoms with Gasteiger partial charge < -0.3 is 24.8 Å². The van der Waals surface area contributed by atoms with Crippen molar-refractivity contribution in [1.82, 2.24) is 0 Å². The van der Waals surface area contributed by atoms with Crippen molar-refractivity contribution in [1.29, 1.82) is 0 Å². The Morgan fingerprint density at radius 2 is 1.34 bits per heavy atom. The number of para-hydroxylation sites is 1. The third-order valence-corrected chi connectivity index (χ3v) is 4.72. The van der Waals surface area contributed by atoms with Crippen LogP contribution in [-0.2, 0) is 4.79 Å². The summed E-state index contributed by atoms with van der Waals surface area (Å²) in [6, 6.07) is 24.5. The van der Waals surface area contributed by atoms with E-state index in [9.17, 15) is 4.79 Å². The van der Waals surface area contributed by atoms with Gasteiger partial charge >= 0.3 is 0 Å². The van der Waals surface area contributed by atoms with Crippen LogP contribution in [0.1, 0.15) is 20.3 Å². The molecule has 0 heterocycles. The van der Waals surface area contributed by atoms with E-state index in [4.69, 9.17) is 14.2 Å². The Kier molecular flexibility index (Phi) is 8.80. The SMILES string of the molecule is CCC(C)Oc1ccc(NC(=O)CNc2ccc(OCCOc3ccccc3)cc2)cc1. The highest BCUT2D eigenvalue weighted by atomic mass is 16.5. The van der Waals surface area contributed by atoms with Gasteiger partial charge in [-0.1, -0.05) is 25.1 Å². The maximum atomic E-state index is 12.2. The number of carbonyl (C=O) groups excluding carboxylic acids is 1. The van der Waals surface area contributed by atoms with Crippen molar-refractivity contribution in [3.05, 3.63) is 78.9 Å². The highest BCUT2D eigenvalue weighted by molar-refractivity contribution is 5.93. The third kappa shape index (κ3) is 7.87. The minimum absolute atomic E-state index is 0.126. The van der Waals surface area contributed by atoms with Crippen LogP contribution < -0.4 is 24.8 Å². The predicted molar refractivity (Wildman–Crippen MR) is 128 cm³/mol. The molecular formula is C26H30N2O4. The fourth-order valence-corrected chi connectivity index (χ4v) is 2.82. The Hall–Kier alpha value is -3.67. The van der Waals surface area contributed by atoms with Gasteiger partial charge in [-0.05, 0) is 74.0 Å². The number of ether oxygens (including phenoxy) is 3. The molecule has 0 saturated heterocycles. The smallest absolute Gasteiger partial charge is 0.243 e. The van der Waals surface area contributed by atoms with E-state index in [-0.39, 0.29) is 18.6 Å². The summed E-state index contributed by atoms with van der Waals surface area (Å²) in [6.45, 7) is 5.19. The Balaban J connectivity index is 1.35. The molecule has 0 aromatic heterocycles. The monoisotopic (exact) mass is 434 g/mol. The van der Waals surface area contributed by atoms with Crippen molar-refractivity contribution in [2.24, 2.45) is 0 Å². The molecule has 0 radical (unpaired) electrons. The average Bonchev–Trinajstić information content (AvgIpc) is 2.83. The largest absolute Gasteiger partial charge is 0.491 e. The number of hydrogen-bond donors (Lipinski definition) is 2. The number of rotatable bonds is 12. The first-order valence-corrected chi connectivity index (χ1v) is 10.8.